The molecule has 0 aliphatic heterocycles. The van der Waals surface area contributed by atoms with Crippen LogP contribution in [0.4, 0.5) is 16.1 Å². The number of methoxy groups -OCH3 is 1. The van der Waals surface area contributed by atoms with E-state index < -0.39 is 11.8 Å². The number of ether oxygens (including phenoxy) is 3. The van der Waals surface area contributed by atoms with Gasteiger partial charge in [0.2, 0.25) is 5.88 Å². The van der Waals surface area contributed by atoms with E-state index in [1.165, 1.54) is 31.6 Å². The lowest BCUT2D eigenvalue weighted by atomic mass is 10.1. The van der Waals surface area contributed by atoms with Gasteiger partial charge < -0.3 is 18.6 Å². The molecule has 0 saturated heterocycles. The van der Waals surface area contributed by atoms with E-state index in [1.807, 2.05) is 6.92 Å². The van der Waals surface area contributed by atoms with Gasteiger partial charge in [-0.3, -0.25) is 4.90 Å². The second-order valence-electron chi connectivity index (χ2n) is 6.62. The molecule has 0 fully saturated rings. The molecule has 174 valence electrons. The summed E-state index contributed by atoms with van der Waals surface area (Å²) in [5, 5.41) is 0.0879. The highest BCUT2D eigenvalue weighted by Gasteiger charge is 2.26. The molecule has 1 aromatic carbocycles. The first-order valence-electron chi connectivity index (χ1n) is 10.0. The highest BCUT2D eigenvalue weighted by Crippen LogP contribution is 2.36. The predicted molar refractivity (Wildman–Crippen MR) is 123 cm³/mol. The fourth-order valence-corrected chi connectivity index (χ4v) is 3.26. The average molecular weight is 476 g/mol. The Morgan fingerprint density at radius 1 is 1.30 bits per heavy atom. The van der Waals surface area contributed by atoms with E-state index >= 15 is 4.39 Å². The fraction of sp³-hybridized carbons (Fsp3) is 0.261. The van der Waals surface area contributed by atoms with Gasteiger partial charge in [-0.25, -0.2) is 19.2 Å². The van der Waals surface area contributed by atoms with Crippen molar-refractivity contribution in [3.05, 3.63) is 59.2 Å². The molecule has 0 atom stereocenters. The van der Waals surface area contributed by atoms with Crippen LogP contribution in [-0.2, 0) is 9.47 Å². The van der Waals surface area contributed by atoms with Crippen LogP contribution < -0.4 is 9.64 Å². The predicted octanol–water partition coefficient (Wildman–Crippen LogP) is 5.14. The van der Waals surface area contributed by atoms with Crippen LogP contribution in [0.15, 0.2) is 41.5 Å². The van der Waals surface area contributed by atoms with Crippen LogP contribution in [0.3, 0.4) is 0 Å². The van der Waals surface area contributed by atoms with E-state index in [4.69, 9.17) is 30.2 Å². The number of benzene rings is 1. The molecule has 0 N–H and O–H groups in total. The van der Waals surface area contributed by atoms with Crippen LogP contribution in [0.5, 0.6) is 5.75 Å². The third-order valence-corrected chi connectivity index (χ3v) is 4.93. The first-order chi connectivity index (χ1) is 15.9. The molecular formula is C23H23ClFN3O5. The lowest BCUT2D eigenvalue weighted by Gasteiger charge is -2.20. The van der Waals surface area contributed by atoms with Crippen molar-refractivity contribution in [1.82, 2.24) is 9.97 Å². The third kappa shape index (κ3) is 5.15. The number of esters is 1. The number of aromatic nitrogens is 2. The van der Waals surface area contributed by atoms with Crippen molar-refractivity contribution in [1.29, 1.82) is 0 Å². The summed E-state index contributed by atoms with van der Waals surface area (Å²) in [5.74, 6) is -1.03. The molecular weight excluding hydrogens is 453 g/mol. The Balaban J connectivity index is 2.17. The maximum atomic E-state index is 15.2. The summed E-state index contributed by atoms with van der Waals surface area (Å²) in [6, 6.07) is 6.28. The van der Waals surface area contributed by atoms with Gasteiger partial charge >= 0.3 is 5.97 Å². The van der Waals surface area contributed by atoms with Gasteiger partial charge in [-0.1, -0.05) is 24.3 Å². The Bertz CT molecular complexity index is 1140. The molecule has 0 aliphatic carbocycles. The number of hydrogen-bond acceptors (Lipinski definition) is 8. The molecule has 10 heteroatoms. The second-order valence-corrected chi connectivity index (χ2v) is 7.03. The molecule has 0 saturated carbocycles. The molecule has 33 heavy (non-hydrogen) atoms. The molecule has 0 spiro atoms. The molecule has 8 nitrogen and oxygen atoms in total. The maximum Gasteiger partial charge on any atom is 0.357 e. The van der Waals surface area contributed by atoms with Crippen LogP contribution in [0, 0.1) is 5.82 Å². The van der Waals surface area contributed by atoms with E-state index in [1.54, 1.807) is 24.1 Å². The van der Waals surface area contributed by atoms with Crippen molar-refractivity contribution in [2.75, 3.05) is 38.9 Å². The van der Waals surface area contributed by atoms with E-state index in [2.05, 4.69) is 16.5 Å². The molecule has 2 heterocycles. The first kappa shape index (κ1) is 24.2. The number of furan rings is 1. The molecule has 3 aromatic rings. The highest BCUT2D eigenvalue weighted by atomic mass is 35.5. The minimum absolute atomic E-state index is 0.00989. The molecule has 0 aliphatic rings. The van der Waals surface area contributed by atoms with Crippen molar-refractivity contribution >= 4 is 35.3 Å². The van der Waals surface area contributed by atoms with Gasteiger partial charge in [0.25, 0.3) is 0 Å². The molecule has 0 amide bonds. The summed E-state index contributed by atoms with van der Waals surface area (Å²) < 4.78 is 36.2. The van der Waals surface area contributed by atoms with Gasteiger partial charge in [0.05, 0.1) is 36.1 Å². The van der Waals surface area contributed by atoms with Crippen molar-refractivity contribution < 1.29 is 27.8 Å². The van der Waals surface area contributed by atoms with Gasteiger partial charge in [0.1, 0.15) is 12.4 Å². The van der Waals surface area contributed by atoms with Crippen molar-refractivity contribution in [3.63, 3.8) is 0 Å². The molecule has 0 unspecified atom stereocenters. The average Bonchev–Trinajstić information content (AvgIpc) is 3.36. The van der Waals surface area contributed by atoms with Crippen molar-refractivity contribution in [2.24, 2.45) is 0 Å². The lowest BCUT2D eigenvalue weighted by Crippen LogP contribution is -2.19. The summed E-state index contributed by atoms with van der Waals surface area (Å²) in [4.78, 5) is 23.3. The number of halogens is 2. The minimum atomic E-state index is -0.765. The molecule has 3 rings (SSSR count). The summed E-state index contributed by atoms with van der Waals surface area (Å²) in [5.41, 5.74) is 0.193. The van der Waals surface area contributed by atoms with Gasteiger partial charge in [-0.05, 0) is 25.1 Å². The number of anilines is 2. The largest absolute Gasteiger partial charge is 0.492 e. The first-order valence-corrected chi connectivity index (χ1v) is 10.4. The minimum Gasteiger partial charge on any atom is -0.492 e. The standard InChI is InChI=1S/C23H23ClFN3O5/c1-5-14-19(23(29)33-13-12-31-6-2)26-21(15-9-10-16(24)20(30-4)18(15)25)27-22(14)28(3)17-8-7-11-32-17/h5,7-11H,1,6,12-13H2,2-4H3. The Hall–Kier alpha value is -3.43. The number of nitrogens with zero attached hydrogens (tertiary/aromatic N) is 3. The second kappa shape index (κ2) is 10.9. The maximum absolute atomic E-state index is 15.2. The number of carbonyl (C=O) groups is 1. The Morgan fingerprint density at radius 2 is 2.09 bits per heavy atom. The van der Waals surface area contributed by atoms with Crippen LogP contribution in [0.1, 0.15) is 23.0 Å². The van der Waals surface area contributed by atoms with Crippen molar-refractivity contribution in [3.8, 4) is 17.1 Å². The summed E-state index contributed by atoms with van der Waals surface area (Å²) in [7, 11) is 2.98. The van der Waals surface area contributed by atoms with Gasteiger partial charge in [-0.2, -0.15) is 0 Å². The van der Waals surface area contributed by atoms with Gasteiger partial charge in [0.15, 0.2) is 23.1 Å². The van der Waals surface area contributed by atoms with Crippen LogP contribution in [-0.4, -0.2) is 49.9 Å². The zero-order valence-corrected chi connectivity index (χ0v) is 19.2. The topological polar surface area (TPSA) is 86.9 Å². The van der Waals surface area contributed by atoms with Crippen LogP contribution in [0.2, 0.25) is 5.02 Å². The summed E-state index contributed by atoms with van der Waals surface area (Å²) >= 11 is 6.02. The summed E-state index contributed by atoms with van der Waals surface area (Å²) in [6.07, 6.45) is 2.92. The van der Waals surface area contributed by atoms with Gasteiger partial charge in [-0.15, -0.1) is 0 Å². The van der Waals surface area contributed by atoms with Gasteiger partial charge in [0, 0.05) is 19.7 Å². The Morgan fingerprint density at radius 3 is 2.73 bits per heavy atom. The van der Waals surface area contributed by atoms with E-state index in [0.717, 1.165) is 0 Å². The number of rotatable bonds is 10. The quantitative estimate of drug-likeness (QED) is 0.294. The van der Waals surface area contributed by atoms with E-state index in [-0.39, 0.29) is 46.9 Å². The Labute approximate surface area is 195 Å². The van der Waals surface area contributed by atoms with E-state index in [0.29, 0.717) is 18.1 Å². The third-order valence-electron chi connectivity index (χ3n) is 4.64. The SMILES string of the molecule is C=Cc1c(C(=O)OCCOCC)nc(-c2ccc(Cl)c(OC)c2F)nc1N(C)c1ccco1. The lowest BCUT2D eigenvalue weighted by molar-refractivity contribution is 0.0329. The highest BCUT2D eigenvalue weighted by molar-refractivity contribution is 6.32. The zero-order valence-electron chi connectivity index (χ0n) is 18.4. The van der Waals surface area contributed by atoms with E-state index in [9.17, 15) is 4.79 Å². The summed E-state index contributed by atoms with van der Waals surface area (Å²) in [6.45, 7) is 6.36. The smallest absolute Gasteiger partial charge is 0.357 e. The number of hydrogen-bond donors (Lipinski definition) is 0. The Kier molecular flexibility index (Phi) is 8.02. The van der Waals surface area contributed by atoms with Crippen LogP contribution >= 0.6 is 11.6 Å². The number of carbonyl (C=O) groups excluding carboxylic acids is 1. The van der Waals surface area contributed by atoms with Crippen LogP contribution in [0.25, 0.3) is 17.5 Å². The normalized spacial score (nSPS) is 10.7. The molecule has 0 radical (unpaired) electrons. The molecule has 2 aromatic heterocycles. The fourth-order valence-electron chi connectivity index (χ4n) is 3.04. The monoisotopic (exact) mass is 475 g/mol. The van der Waals surface area contributed by atoms with Crippen molar-refractivity contribution in [2.45, 2.75) is 6.92 Å². The molecule has 0 bridgehead atoms. The zero-order chi connectivity index (χ0) is 24.0.